The predicted octanol–water partition coefficient (Wildman–Crippen LogP) is 0.415. The molecule has 15 heavy (non-hydrogen) atoms. The number of nitrogens with zero attached hydrogens (tertiary/aromatic N) is 4. The van der Waals surface area contributed by atoms with E-state index >= 15 is 0 Å². The molecule has 0 aromatic carbocycles. The van der Waals surface area contributed by atoms with Gasteiger partial charge in [0.1, 0.15) is 5.69 Å². The van der Waals surface area contributed by atoms with Crippen LogP contribution in [0.1, 0.15) is 10.5 Å². The average molecular weight is 224 g/mol. The summed E-state index contributed by atoms with van der Waals surface area (Å²) in [5, 5.41) is 4.03. The summed E-state index contributed by atoms with van der Waals surface area (Å²) in [6.07, 6.45) is 3.06. The second-order valence-electron chi connectivity index (χ2n) is 2.69. The van der Waals surface area contributed by atoms with E-state index < -0.39 is 5.91 Å². The first-order chi connectivity index (χ1) is 7.16. The number of halogens is 1. The van der Waals surface area contributed by atoms with Crippen LogP contribution in [0.15, 0.2) is 24.5 Å². The maximum Gasteiger partial charge on any atom is 0.269 e. The van der Waals surface area contributed by atoms with Crippen LogP contribution in [0.2, 0.25) is 5.28 Å². The largest absolute Gasteiger partial charge is 0.364 e. The van der Waals surface area contributed by atoms with Crippen molar-refractivity contribution in [2.24, 2.45) is 5.73 Å². The molecule has 2 N–H and O–H groups in total. The summed E-state index contributed by atoms with van der Waals surface area (Å²) in [5.41, 5.74) is 5.23. The Kier molecular flexibility index (Phi) is 2.34. The highest BCUT2D eigenvalue weighted by Gasteiger charge is 2.06. The van der Waals surface area contributed by atoms with E-state index in [1.807, 2.05) is 0 Å². The molecule has 1 amide bonds. The van der Waals surface area contributed by atoms with E-state index in [4.69, 9.17) is 17.3 Å². The smallest absolute Gasteiger partial charge is 0.269 e. The first-order valence-corrected chi connectivity index (χ1v) is 4.39. The van der Waals surface area contributed by atoms with Crippen molar-refractivity contribution in [3.63, 3.8) is 0 Å². The molecule has 0 aliphatic rings. The van der Waals surface area contributed by atoms with Crippen molar-refractivity contribution in [3.8, 4) is 5.82 Å². The van der Waals surface area contributed by atoms with Gasteiger partial charge in [-0.15, -0.1) is 0 Å². The Morgan fingerprint density at radius 1 is 1.47 bits per heavy atom. The minimum Gasteiger partial charge on any atom is -0.364 e. The topological polar surface area (TPSA) is 86.7 Å². The Morgan fingerprint density at radius 2 is 2.27 bits per heavy atom. The normalized spacial score (nSPS) is 10.2. The number of rotatable bonds is 2. The summed E-state index contributed by atoms with van der Waals surface area (Å²) < 4.78 is 1.40. The molecule has 2 aromatic heterocycles. The van der Waals surface area contributed by atoms with Gasteiger partial charge < -0.3 is 5.73 Å². The Morgan fingerprint density at radius 3 is 2.87 bits per heavy atom. The Labute approximate surface area is 89.7 Å². The molecule has 0 fully saturated rings. The van der Waals surface area contributed by atoms with Crippen LogP contribution in [-0.2, 0) is 0 Å². The fraction of sp³-hybridized carbons (Fsp3) is 0. The number of carbonyl (C=O) groups is 1. The van der Waals surface area contributed by atoms with Gasteiger partial charge in [-0.1, -0.05) is 0 Å². The Balaban J connectivity index is 2.41. The quantitative estimate of drug-likeness (QED) is 0.748. The zero-order valence-corrected chi connectivity index (χ0v) is 8.22. The summed E-state index contributed by atoms with van der Waals surface area (Å²) >= 11 is 5.61. The molecule has 2 rings (SSSR count). The third-order valence-corrected chi connectivity index (χ3v) is 1.87. The molecule has 0 spiro atoms. The van der Waals surface area contributed by atoms with E-state index in [9.17, 15) is 4.79 Å². The van der Waals surface area contributed by atoms with Crippen molar-refractivity contribution < 1.29 is 4.79 Å². The molecule has 2 aromatic rings. The number of primary amides is 1. The monoisotopic (exact) mass is 223 g/mol. The van der Waals surface area contributed by atoms with Gasteiger partial charge in [0.15, 0.2) is 5.82 Å². The van der Waals surface area contributed by atoms with Gasteiger partial charge in [-0.3, -0.25) is 4.79 Å². The van der Waals surface area contributed by atoms with Crippen molar-refractivity contribution in [1.82, 2.24) is 19.7 Å². The van der Waals surface area contributed by atoms with Crippen molar-refractivity contribution >= 4 is 17.5 Å². The SMILES string of the molecule is NC(=O)c1ccn(-c2ccnc(Cl)n2)n1. The van der Waals surface area contributed by atoms with Crippen molar-refractivity contribution in [3.05, 3.63) is 35.5 Å². The van der Waals surface area contributed by atoms with Gasteiger partial charge in [-0.25, -0.2) is 9.67 Å². The van der Waals surface area contributed by atoms with E-state index in [0.717, 1.165) is 0 Å². The van der Waals surface area contributed by atoms with Crippen LogP contribution in [0.4, 0.5) is 0 Å². The summed E-state index contributed by atoms with van der Waals surface area (Å²) in [6, 6.07) is 3.11. The third-order valence-electron chi connectivity index (χ3n) is 1.69. The number of carbonyl (C=O) groups excluding carboxylic acids is 1. The van der Waals surface area contributed by atoms with Gasteiger partial charge in [-0.05, 0) is 17.7 Å². The highest BCUT2D eigenvalue weighted by Crippen LogP contribution is 2.06. The molecule has 2 heterocycles. The number of hydrogen-bond donors (Lipinski definition) is 1. The second kappa shape index (κ2) is 3.66. The lowest BCUT2D eigenvalue weighted by Crippen LogP contribution is -2.12. The third kappa shape index (κ3) is 1.94. The lowest BCUT2D eigenvalue weighted by molar-refractivity contribution is 0.0995. The number of hydrogen-bond acceptors (Lipinski definition) is 4. The first-order valence-electron chi connectivity index (χ1n) is 4.01. The molecule has 0 aliphatic carbocycles. The lowest BCUT2D eigenvalue weighted by atomic mass is 10.4. The fourth-order valence-corrected chi connectivity index (χ4v) is 1.18. The van der Waals surface area contributed by atoms with E-state index in [1.54, 1.807) is 12.3 Å². The van der Waals surface area contributed by atoms with Crippen molar-refractivity contribution in [2.75, 3.05) is 0 Å². The molecule has 7 heteroatoms. The Bertz CT molecular complexity index is 509. The second-order valence-corrected chi connectivity index (χ2v) is 3.03. The van der Waals surface area contributed by atoms with Crippen LogP contribution in [0.5, 0.6) is 0 Å². The average Bonchev–Trinajstić information content (AvgIpc) is 2.66. The molecule has 0 radical (unpaired) electrons. The molecular weight excluding hydrogens is 218 g/mol. The fourth-order valence-electron chi connectivity index (χ4n) is 1.04. The first kappa shape index (κ1) is 9.60. The van der Waals surface area contributed by atoms with Crippen LogP contribution in [-0.4, -0.2) is 25.7 Å². The van der Waals surface area contributed by atoms with Crippen molar-refractivity contribution in [2.45, 2.75) is 0 Å². The van der Waals surface area contributed by atoms with E-state index in [1.165, 1.54) is 16.9 Å². The summed E-state index contributed by atoms with van der Waals surface area (Å²) in [6.45, 7) is 0. The molecule has 76 valence electrons. The highest BCUT2D eigenvalue weighted by molar-refractivity contribution is 6.28. The van der Waals surface area contributed by atoms with Crippen molar-refractivity contribution in [1.29, 1.82) is 0 Å². The maximum atomic E-state index is 10.8. The number of nitrogens with two attached hydrogens (primary N) is 1. The van der Waals surface area contributed by atoms with Gasteiger partial charge in [0.05, 0.1) is 0 Å². The minimum atomic E-state index is -0.589. The standard InChI is InChI=1S/C8H6ClN5O/c9-8-11-3-1-6(12-8)14-4-2-5(13-14)7(10)15/h1-4H,(H2,10,15). The summed E-state index contributed by atoms with van der Waals surface area (Å²) in [4.78, 5) is 18.4. The van der Waals surface area contributed by atoms with Crippen LogP contribution in [0.25, 0.3) is 5.82 Å². The summed E-state index contributed by atoms with van der Waals surface area (Å²) in [5.74, 6) is -0.114. The highest BCUT2D eigenvalue weighted by atomic mass is 35.5. The zero-order chi connectivity index (χ0) is 10.8. The van der Waals surface area contributed by atoms with Crippen LogP contribution < -0.4 is 5.73 Å². The number of amides is 1. The van der Waals surface area contributed by atoms with Gasteiger partial charge in [-0.2, -0.15) is 10.1 Å². The molecule has 0 bridgehead atoms. The van der Waals surface area contributed by atoms with E-state index in [2.05, 4.69) is 15.1 Å². The summed E-state index contributed by atoms with van der Waals surface area (Å²) in [7, 11) is 0. The predicted molar refractivity (Wildman–Crippen MR) is 52.7 cm³/mol. The Hall–Kier alpha value is -1.95. The molecule has 0 saturated carbocycles. The lowest BCUT2D eigenvalue weighted by Gasteiger charge is -1.98. The molecule has 0 atom stereocenters. The van der Waals surface area contributed by atoms with Gasteiger partial charge in [0.25, 0.3) is 5.91 Å². The number of aromatic nitrogens is 4. The molecule has 0 saturated heterocycles. The van der Waals surface area contributed by atoms with Crippen LogP contribution >= 0.6 is 11.6 Å². The molecule has 6 nitrogen and oxygen atoms in total. The van der Waals surface area contributed by atoms with E-state index in [0.29, 0.717) is 5.82 Å². The van der Waals surface area contributed by atoms with Gasteiger partial charge >= 0.3 is 0 Å². The van der Waals surface area contributed by atoms with E-state index in [-0.39, 0.29) is 11.0 Å². The van der Waals surface area contributed by atoms with Gasteiger partial charge in [0.2, 0.25) is 5.28 Å². The molecule has 0 aliphatic heterocycles. The van der Waals surface area contributed by atoms with Gasteiger partial charge in [0, 0.05) is 18.5 Å². The van der Waals surface area contributed by atoms with Crippen LogP contribution in [0, 0.1) is 0 Å². The van der Waals surface area contributed by atoms with Crippen LogP contribution in [0.3, 0.4) is 0 Å². The molecule has 0 unspecified atom stereocenters. The zero-order valence-electron chi connectivity index (χ0n) is 7.46. The maximum absolute atomic E-state index is 10.8. The molecular formula is C8H6ClN5O. The minimum absolute atomic E-state index is 0.114.